The van der Waals surface area contributed by atoms with E-state index in [0.717, 1.165) is 0 Å². The predicted octanol–water partition coefficient (Wildman–Crippen LogP) is 10.3. The molecule has 166 valence electrons. The van der Waals surface area contributed by atoms with Crippen LogP contribution in [0.3, 0.4) is 0 Å². The van der Waals surface area contributed by atoms with Crippen LogP contribution in [-0.2, 0) is 0 Å². The van der Waals surface area contributed by atoms with Gasteiger partial charge in [0.25, 0.3) is 0 Å². The van der Waals surface area contributed by atoms with E-state index in [0.29, 0.717) is 0 Å². The molecule has 0 bridgehead atoms. The first-order chi connectivity index (χ1) is 17.9. The summed E-state index contributed by atoms with van der Waals surface area (Å²) < 4.78 is 0. The highest BCUT2D eigenvalue weighted by Crippen LogP contribution is 2.42. The van der Waals surface area contributed by atoms with Gasteiger partial charge in [-0.05, 0) is 81.8 Å². The highest BCUT2D eigenvalue weighted by Gasteiger charge is 2.14. The van der Waals surface area contributed by atoms with E-state index in [2.05, 4.69) is 133 Å². The van der Waals surface area contributed by atoms with E-state index in [9.17, 15) is 0 Å². The molecule has 0 spiro atoms. The first-order valence-corrected chi connectivity index (χ1v) is 12.5. The van der Waals surface area contributed by atoms with Gasteiger partial charge in [-0.2, -0.15) is 0 Å². The lowest BCUT2D eigenvalue weighted by molar-refractivity contribution is 1.70. The molecule has 0 saturated heterocycles. The SMILES string of the molecule is c1ccc2cc(-c3cccc4c5cccc6ccc7cccc(c8ccccc8c34)c7c65)ccc2c1. The summed E-state index contributed by atoms with van der Waals surface area (Å²) in [5, 5.41) is 15.6. The van der Waals surface area contributed by atoms with E-state index in [4.69, 9.17) is 0 Å². The quantitative estimate of drug-likeness (QED) is 0.216. The van der Waals surface area contributed by atoms with Gasteiger partial charge in [0, 0.05) is 0 Å². The Hall–Kier alpha value is -4.68. The maximum Gasteiger partial charge on any atom is -0.00203 e. The molecule has 0 saturated carbocycles. The molecule has 0 N–H and O–H groups in total. The molecule has 8 aromatic carbocycles. The zero-order valence-corrected chi connectivity index (χ0v) is 19.7. The van der Waals surface area contributed by atoms with E-state index in [1.54, 1.807) is 0 Å². The molecule has 0 heterocycles. The zero-order chi connectivity index (χ0) is 23.6. The summed E-state index contributed by atoms with van der Waals surface area (Å²) in [6, 6.07) is 49.2. The minimum atomic E-state index is 1.25. The third kappa shape index (κ3) is 2.70. The smallest absolute Gasteiger partial charge is 0.00203 e. The molecule has 0 nitrogen and oxygen atoms in total. The summed E-state index contributed by atoms with van der Waals surface area (Å²) >= 11 is 0. The third-order valence-corrected chi connectivity index (χ3v) is 7.79. The lowest BCUT2D eigenvalue weighted by Crippen LogP contribution is -1.88. The van der Waals surface area contributed by atoms with Crippen molar-refractivity contribution in [1.82, 2.24) is 0 Å². The molecule has 0 atom stereocenters. The molecule has 0 aliphatic rings. The Balaban J connectivity index is 1.69. The molecule has 0 fully saturated rings. The summed E-state index contributed by atoms with van der Waals surface area (Å²) in [5.74, 6) is 0. The molecule has 0 amide bonds. The largest absolute Gasteiger partial charge is 0.0616 e. The summed E-state index contributed by atoms with van der Waals surface area (Å²) in [4.78, 5) is 0. The van der Waals surface area contributed by atoms with E-state index in [-0.39, 0.29) is 0 Å². The Morgan fingerprint density at radius 1 is 0.278 bits per heavy atom. The summed E-state index contributed by atoms with van der Waals surface area (Å²) in [7, 11) is 0. The highest BCUT2D eigenvalue weighted by molar-refractivity contribution is 6.34. The van der Waals surface area contributed by atoms with Crippen LogP contribution in [0.15, 0.2) is 133 Å². The topological polar surface area (TPSA) is 0 Å². The van der Waals surface area contributed by atoms with Gasteiger partial charge in [-0.25, -0.2) is 0 Å². The molecule has 0 aromatic heterocycles. The van der Waals surface area contributed by atoms with Gasteiger partial charge >= 0.3 is 0 Å². The number of hydrogen-bond donors (Lipinski definition) is 0. The molecule has 0 unspecified atom stereocenters. The minimum Gasteiger partial charge on any atom is -0.0616 e. The molecule has 0 heteroatoms. The summed E-state index contributed by atoms with van der Waals surface area (Å²) in [6.07, 6.45) is 0. The van der Waals surface area contributed by atoms with Crippen LogP contribution in [0.2, 0.25) is 0 Å². The van der Waals surface area contributed by atoms with E-state index >= 15 is 0 Å². The van der Waals surface area contributed by atoms with Crippen molar-refractivity contribution in [3.05, 3.63) is 133 Å². The summed E-state index contributed by atoms with van der Waals surface area (Å²) in [5.41, 5.74) is 2.52. The predicted molar refractivity (Wildman–Crippen MR) is 157 cm³/mol. The van der Waals surface area contributed by atoms with Gasteiger partial charge in [0.1, 0.15) is 0 Å². The van der Waals surface area contributed by atoms with Gasteiger partial charge < -0.3 is 0 Å². The van der Waals surface area contributed by atoms with Gasteiger partial charge in [0.05, 0.1) is 0 Å². The second-order valence-electron chi connectivity index (χ2n) is 9.71. The molecular formula is C36H22. The first kappa shape index (κ1) is 19.6. The van der Waals surface area contributed by atoms with Crippen LogP contribution in [0.5, 0.6) is 0 Å². The van der Waals surface area contributed by atoms with Crippen molar-refractivity contribution in [2.75, 3.05) is 0 Å². The second-order valence-corrected chi connectivity index (χ2v) is 9.71. The number of fused-ring (bicyclic) bond motifs is 6. The molecule has 36 heavy (non-hydrogen) atoms. The van der Waals surface area contributed by atoms with Crippen LogP contribution < -0.4 is 0 Å². The maximum absolute atomic E-state index is 2.33. The van der Waals surface area contributed by atoms with E-state index < -0.39 is 0 Å². The van der Waals surface area contributed by atoms with Crippen LogP contribution in [-0.4, -0.2) is 0 Å². The van der Waals surface area contributed by atoms with Crippen molar-refractivity contribution in [2.45, 2.75) is 0 Å². The average molecular weight is 455 g/mol. The van der Waals surface area contributed by atoms with Crippen molar-refractivity contribution in [1.29, 1.82) is 0 Å². The lowest BCUT2D eigenvalue weighted by atomic mass is 9.88. The van der Waals surface area contributed by atoms with Gasteiger partial charge in [0.15, 0.2) is 0 Å². The van der Waals surface area contributed by atoms with Crippen LogP contribution in [0.1, 0.15) is 0 Å². The van der Waals surface area contributed by atoms with Crippen molar-refractivity contribution in [3.63, 3.8) is 0 Å². The standard InChI is InChI=1S/C36H22/c1-2-9-26-22-27(21-18-23(26)8-1)28-14-7-17-33-32-16-6-11-25-20-19-24-10-5-15-30(34(24)35(25)32)29-12-3-4-13-31(29)36(28)33/h1-22H. The molecule has 0 aliphatic carbocycles. The molecular weight excluding hydrogens is 432 g/mol. The van der Waals surface area contributed by atoms with Gasteiger partial charge in [-0.1, -0.05) is 127 Å². The monoisotopic (exact) mass is 454 g/mol. The fraction of sp³-hybridized carbons (Fsp3) is 0. The van der Waals surface area contributed by atoms with Crippen molar-refractivity contribution in [3.8, 4) is 11.1 Å². The van der Waals surface area contributed by atoms with Crippen LogP contribution in [0.25, 0.3) is 75.8 Å². The van der Waals surface area contributed by atoms with Crippen LogP contribution in [0.4, 0.5) is 0 Å². The zero-order valence-electron chi connectivity index (χ0n) is 19.7. The molecule has 0 aliphatic heterocycles. The van der Waals surface area contributed by atoms with Gasteiger partial charge in [-0.15, -0.1) is 0 Å². The van der Waals surface area contributed by atoms with E-state index in [1.807, 2.05) is 0 Å². The maximum atomic E-state index is 2.33. The van der Waals surface area contributed by atoms with Crippen molar-refractivity contribution in [2.24, 2.45) is 0 Å². The minimum absolute atomic E-state index is 1.25. The fourth-order valence-corrected chi connectivity index (χ4v) is 6.20. The summed E-state index contributed by atoms with van der Waals surface area (Å²) in [6.45, 7) is 0. The van der Waals surface area contributed by atoms with Gasteiger partial charge in [0.2, 0.25) is 0 Å². The van der Waals surface area contributed by atoms with Crippen LogP contribution >= 0.6 is 0 Å². The van der Waals surface area contributed by atoms with E-state index in [1.165, 1.54) is 75.8 Å². The third-order valence-electron chi connectivity index (χ3n) is 7.79. The van der Waals surface area contributed by atoms with Crippen LogP contribution in [0, 0.1) is 0 Å². The normalized spacial score (nSPS) is 11.9. The van der Waals surface area contributed by atoms with Crippen molar-refractivity contribution < 1.29 is 0 Å². The van der Waals surface area contributed by atoms with Crippen molar-refractivity contribution >= 4 is 64.6 Å². The Bertz CT molecular complexity index is 2150. The number of hydrogen-bond acceptors (Lipinski definition) is 0. The Morgan fingerprint density at radius 3 is 1.50 bits per heavy atom. The average Bonchev–Trinajstić information content (AvgIpc) is 2.95. The highest BCUT2D eigenvalue weighted by atomic mass is 14.2. The Kier molecular flexibility index (Phi) is 4.03. The number of rotatable bonds is 1. The fourth-order valence-electron chi connectivity index (χ4n) is 6.20. The molecule has 8 rings (SSSR count). The molecule has 8 aromatic rings. The first-order valence-electron chi connectivity index (χ1n) is 12.5. The Labute approximate surface area is 209 Å². The lowest BCUT2D eigenvalue weighted by Gasteiger charge is -2.16. The Morgan fingerprint density at radius 2 is 0.750 bits per heavy atom. The molecule has 0 radical (unpaired) electrons. The van der Waals surface area contributed by atoms with Gasteiger partial charge in [-0.3, -0.25) is 0 Å². The number of benzene rings is 7. The second kappa shape index (κ2) is 7.41.